The number of hydrogen-bond donors (Lipinski definition) is 2. The molecule has 0 amide bonds. The van der Waals surface area contributed by atoms with E-state index >= 15 is 0 Å². The molecule has 3 aromatic carbocycles. The molecule has 32 heavy (non-hydrogen) atoms. The van der Waals surface area contributed by atoms with Gasteiger partial charge in [-0.15, -0.1) is 0 Å². The van der Waals surface area contributed by atoms with Gasteiger partial charge in [0.25, 0.3) is 0 Å². The first-order chi connectivity index (χ1) is 15.5. The number of nitro groups is 1. The topological polar surface area (TPSA) is 96.2 Å². The number of aromatic nitrogens is 2. The fraction of sp³-hybridized carbons (Fsp3) is 0. The number of hydrogen-bond acceptors (Lipinski definition) is 7. The lowest BCUT2D eigenvalue weighted by atomic mass is 10.2. The molecule has 1 aromatic heterocycles. The van der Waals surface area contributed by atoms with Crippen LogP contribution in [0.3, 0.4) is 0 Å². The Morgan fingerprint density at radius 2 is 1.44 bits per heavy atom. The molecule has 0 bridgehead atoms. The fourth-order valence-electron chi connectivity index (χ4n) is 2.98. The molecule has 0 spiro atoms. The Morgan fingerprint density at radius 1 is 0.844 bits per heavy atom. The second-order valence-corrected chi connectivity index (χ2v) is 7.39. The number of anilines is 5. The minimum absolute atomic E-state index is 0.00152. The fourth-order valence-corrected chi connectivity index (χ4v) is 3.32. The smallest absolute Gasteiger partial charge is 0.333 e. The lowest BCUT2D eigenvalue weighted by molar-refractivity contribution is -0.383. The van der Waals surface area contributed by atoms with E-state index in [9.17, 15) is 10.1 Å². The van der Waals surface area contributed by atoms with Gasteiger partial charge in [-0.3, -0.25) is 20.5 Å². The first kappa shape index (κ1) is 21.4. The molecule has 4 aromatic rings. The van der Waals surface area contributed by atoms with Crippen molar-refractivity contribution in [2.75, 3.05) is 15.8 Å². The van der Waals surface area contributed by atoms with E-state index in [-0.39, 0.29) is 17.3 Å². The molecule has 160 valence electrons. The summed E-state index contributed by atoms with van der Waals surface area (Å²) in [6, 6.07) is 23.5. The van der Waals surface area contributed by atoms with Crippen molar-refractivity contribution in [1.29, 1.82) is 0 Å². The predicted octanol–water partition coefficient (Wildman–Crippen LogP) is 6.60. The summed E-state index contributed by atoms with van der Waals surface area (Å²) in [7, 11) is 0. The van der Waals surface area contributed by atoms with E-state index in [1.165, 1.54) is 6.33 Å². The SMILES string of the molecule is O=[N+]([O-])c1c(Nc2cc(Cl)ccc2Cl)ncnc1NN(c1ccccc1)c1ccccc1. The van der Waals surface area contributed by atoms with E-state index in [0.29, 0.717) is 15.7 Å². The molecule has 0 atom stereocenters. The number of nitrogens with one attached hydrogen (secondary N) is 2. The van der Waals surface area contributed by atoms with Gasteiger partial charge in [0.05, 0.1) is 27.0 Å². The first-order valence-corrected chi connectivity index (χ1v) is 10.2. The third-order valence-electron chi connectivity index (χ3n) is 4.43. The van der Waals surface area contributed by atoms with Gasteiger partial charge in [0.15, 0.2) is 0 Å². The first-order valence-electron chi connectivity index (χ1n) is 9.41. The maximum atomic E-state index is 12.0. The van der Waals surface area contributed by atoms with Crippen LogP contribution in [0.4, 0.5) is 34.4 Å². The molecule has 10 heteroatoms. The maximum Gasteiger partial charge on any atom is 0.355 e. The summed E-state index contributed by atoms with van der Waals surface area (Å²) in [5.41, 5.74) is 4.62. The quantitative estimate of drug-likeness (QED) is 0.234. The summed E-state index contributed by atoms with van der Waals surface area (Å²) in [6.07, 6.45) is 1.23. The van der Waals surface area contributed by atoms with Crippen molar-refractivity contribution in [3.63, 3.8) is 0 Å². The van der Waals surface area contributed by atoms with Crippen LogP contribution in [0.5, 0.6) is 0 Å². The molecule has 1 heterocycles. The van der Waals surface area contributed by atoms with Gasteiger partial charge in [-0.1, -0.05) is 59.6 Å². The average molecular weight is 467 g/mol. The number of rotatable bonds is 7. The molecule has 0 aliphatic rings. The van der Waals surface area contributed by atoms with E-state index in [1.807, 2.05) is 60.7 Å². The van der Waals surface area contributed by atoms with Crippen LogP contribution in [0.25, 0.3) is 0 Å². The van der Waals surface area contributed by atoms with Crippen LogP contribution in [0.2, 0.25) is 10.0 Å². The van der Waals surface area contributed by atoms with Crippen LogP contribution >= 0.6 is 23.2 Å². The molecule has 0 saturated carbocycles. The van der Waals surface area contributed by atoms with Crippen LogP contribution in [0, 0.1) is 10.1 Å². The molecule has 2 N–H and O–H groups in total. The molecule has 0 radical (unpaired) electrons. The number of halogens is 2. The summed E-state index contributed by atoms with van der Waals surface area (Å²) in [4.78, 5) is 19.6. The van der Waals surface area contributed by atoms with Gasteiger partial charge in [-0.05, 0) is 42.5 Å². The zero-order valence-corrected chi connectivity index (χ0v) is 18.0. The van der Waals surface area contributed by atoms with Gasteiger partial charge in [0, 0.05) is 5.02 Å². The molecule has 0 unspecified atom stereocenters. The Balaban J connectivity index is 1.76. The number of benzene rings is 3. The zero-order valence-electron chi connectivity index (χ0n) is 16.4. The van der Waals surface area contributed by atoms with E-state index in [0.717, 1.165) is 11.4 Å². The second kappa shape index (κ2) is 9.51. The Morgan fingerprint density at radius 3 is 2.03 bits per heavy atom. The summed E-state index contributed by atoms with van der Waals surface area (Å²) < 4.78 is 0. The van der Waals surface area contributed by atoms with Gasteiger partial charge in [0.1, 0.15) is 6.33 Å². The lowest BCUT2D eigenvalue weighted by Crippen LogP contribution is -2.26. The van der Waals surface area contributed by atoms with Crippen molar-refractivity contribution < 1.29 is 4.92 Å². The molecule has 0 fully saturated rings. The van der Waals surface area contributed by atoms with E-state index in [1.54, 1.807) is 23.2 Å². The molecule has 0 aliphatic heterocycles. The summed E-state index contributed by atoms with van der Waals surface area (Å²) in [5, 5.41) is 17.4. The molecule has 0 saturated heterocycles. The van der Waals surface area contributed by atoms with Crippen LogP contribution in [-0.2, 0) is 0 Å². The van der Waals surface area contributed by atoms with E-state index in [2.05, 4.69) is 20.7 Å². The predicted molar refractivity (Wildman–Crippen MR) is 127 cm³/mol. The molecular formula is C22H16Cl2N6O2. The van der Waals surface area contributed by atoms with E-state index < -0.39 is 4.92 Å². The van der Waals surface area contributed by atoms with Crippen LogP contribution < -0.4 is 15.8 Å². The minimum atomic E-state index is -0.558. The monoisotopic (exact) mass is 466 g/mol. The zero-order chi connectivity index (χ0) is 22.5. The van der Waals surface area contributed by atoms with Gasteiger partial charge < -0.3 is 5.32 Å². The molecule has 4 rings (SSSR count). The number of hydrazine groups is 1. The standard InChI is InChI=1S/C22H16Cl2N6O2/c23-15-11-12-18(24)19(13-15)27-21-20(30(31)32)22(26-14-25-21)28-29(16-7-3-1-4-8-16)17-9-5-2-6-10-17/h1-14H,(H2,25,26,27,28). The summed E-state index contributed by atoms with van der Waals surface area (Å²) in [5.74, 6) is -0.0314. The Bertz CT molecular complexity index is 1200. The van der Waals surface area contributed by atoms with Crippen molar-refractivity contribution >= 4 is 57.6 Å². The third-order valence-corrected chi connectivity index (χ3v) is 5.00. The largest absolute Gasteiger partial charge is 0.355 e. The van der Waals surface area contributed by atoms with Gasteiger partial charge in [-0.2, -0.15) is 0 Å². The van der Waals surface area contributed by atoms with Crippen molar-refractivity contribution in [3.05, 3.63) is 105 Å². The van der Waals surface area contributed by atoms with Gasteiger partial charge >= 0.3 is 5.69 Å². The summed E-state index contributed by atoms with van der Waals surface area (Å²) in [6.45, 7) is 0. The minimum Gasteiger partial charge on any atom is -0.333 e. The van der Waals surface area contributed by atoms with Crippen LogP contribution in [0.1, 0.15) is 0 Å². The highest BCUT2D eigenvalue weighted by Crippen LogP contribution is 2.36. The molecule has 0 aliphatic carbocycles. The third kappa shape index (κ3) is 4.72. The highest BCUT2D eigenvalue weighted by atomic mass is 35.5. The lowest BCUT2D eigenvalue weighted by Gasteiger charge is -2.26. The number of para-hydroxylation sites is 2. The highest BCUT2D eigenvalue weighted by Gasteiger charge is 2.26. The average Bonchev–Trinajstić information content (AvgIpc) is 2.81. The van der Waals surface area contributed by atoms with Crippen LogP contribution in [0.15, 0.2) is 85.2 Å². The molecular weight excluding hydrogens is 451 g/mol. The van der Waals surface area contributed by atoms with Crippen molar-refractivity contribution in [2.45, 2.75) is 0 Å². The Labute approximate surface area is 193 Å². The normalized spacial score (nSPS) is 10.4. The highest BCUT2D eigenvalue weighted by molar-refractivity contribution is 6.35. The van der Waals surface area contributed by atoms with Gasteiger partial charge in [-0.25, -0.2) is 9.97 Å². The Hall–Kier alpha value is -3.88. The van der Waals surface area contributed by atoms with Crippen molar-refractivity contribution in [1.82, 2.24) is 9.97 Å². The van der Waals surface area contributed by atoms with Crippen molar-refractivity contribution in [2.24, 2.45) is 0 Å². The Kier molecular flexibility index (Phi) is 6.34. The second-order valence-electron chi connectivity index (χ2n) is 6.54. The maximum absolute atomic E-state index is 12.0. The van der Waals surface area contributed by atoms with E-state index in [4.69, 9.17) is 23.2 Å². The van der Waals surface area contributed by atoms with Crippen molar-refractivity contribution in [3.8, 4) is 0 Å². The van der Waals surface area contributed by atoms with Crippen LogP contribution in [-0.4, -0.2) is 14.9 Å². The van der Waals surface area contributed by atoms with Gasteiger partial charge in [0.2, 0.25) is 11.6 Å². The summed E-state index contributed by atoms with van der Waals surface area (Å²) >= 11 is 12.2. The molecule has 8 nitrogen and oxygen atoms in total. The number of nitrogens with zero attached hydrogens (tertiary/aromatic N) is 4.